The van der Waals surface area contributed by atoms with E-state index in [1.54, 1.807) is 0 Å². The number of aromatic carboxylic acids is 1. The smallest absolute Gasteiger partial charge is 0.339 e. The third kappa shape index (κ3) is 2.87. The zero-order chi connectivity index (χ0) is 15.6. The Kier molecular flexibility index (Phi) is 3.94. The monoisotopic (exact) mass is 312 g/mol. The molecule has 21 heavy (non-hydrogen) atoms. The SMILES string of the molecule is COc1cc(NC(=O)c2nonc2N)c(Cl)cc1C(=O)O. The van der Waals surface area contributed by atoms with Crippen molar-refractivity contribution in [3.8, 4) is 5.75 Å². The Hall–Kier alpha value is -2.81. The van der Waals surface area contributed by atoms with Crippen LogP contribution in [-0.2, 0) is 0 Å². The van der Waals surface area contributed by atoms with Gasteiger partial charge in [0.05, 0.1) is 17.8 Å². The van der Waals surface area contributed by atoms with E-state index in [2.05, 4.69) is 20.3 Å². The van der Waals surface area contributed by atoms with Gasteiger partial charge in [0.2, 0.25) is 11.5 Å². The van der Waals surface area contributed by atoms with Gasteiger partial charge in [-0.15, -0.1) is 0 Å². The van der Waals surface area contributed by atoms with Crippen molar-refractivity contribution in [2.24, 2.45) is 0 Å². The van der Waals surface area contributed by atoms with Gasteiger partial charge in [-0.1, -0.05) is 11.6 Å². The number of carbonyl (C=O) groups excluding carboxylic acids is 1. The van der Waals surface area contributed by atoms with Crippen LogP contribution in [0.1, 0.15) is 20.8 Å². The Morgan fingerprint density at radius 1 is 1.43 bits per heavy atom. The van der Waals surface area contributed by atoms with Gasteiger partial charge in [-0.05, 0) is 16.4 Å². The number of aromatic nitrogens is 2. The molecule has 9 nitrogen and oxygen atoms in total. The number of amides is 1. The quantitative estimate of drug-likeness (QED) is 0.766. The summed E-state index contributed by atoms with van der Waals surface area (Å²) in [5.41, 5.74) is 5.17. The Morgan fingerprint density at radius 2 is 2.14 bits per heavy atom. The third-order valence-corrected chi connectivity index (χ3v) is 2.81. The van der Waals surface area contributed by atoms with Gasteiger partial charge in [0.15, 0.2) is 0 Å². The molecule has 0 atom stereocenters. The number of nitrogens with zero attached hydrogens (tertiary/aromatic N) is 2. The van der Waals surface area contributed by atoms with Gasteiger partial charge in [0, 0.05) is 6.07 Å². The summed E-state index contributed by atoms with van der Waals surface area (Å²) < 4.78 is 9.24. The second kappa shape index (κ2) is 5.67. The highest BCUT2D eigenvalue weighted by Gasteiger charge is 2.20. The largest absolute Gasteiger partial charge is 0.496 e. The highest BCUT2D eigenvalue weighted by molar-refractivity contribution is 6.34. The lowest BCUT2D eigenvalue weighted by Gasteiger charge is -2.10. The first kappa shape index (κ1) is 14.6. The maximum atomic E-state index is 11.9. The average Bonchev–Trinajstić information content (AvgIpc) is 2.86. The predicted octanol–water partition coefficient (Wildman–Crippen LogP) is 1.26. The Bertz CT molecular complexity index is 715. The number of nitrogens with two attached hydrogens (primary N) is 1. The molecule has 0 aliphatic rings. The van der Waals surface area contributed by atoms with Crippen molar-refractivity contribution in [3.05, 3.63) is 28.4 Å². The molecule has 2 aromatic rings. The first-order chi connectivity index (χ1) is 9.93. The highest BCUT2D eigenvalue weighted by Crippen LogP contribution is 2.31. The van der Waals surface area contributed by atoms with E-state index in [9.17, 15) is 9.59 Å². The number of ether oxygens (including phenoxy) is 1. The zero-order valence-electron chi connectivity index (χ0n) is 10.6. The molecule has 0 spiro atoms. The van der Waals surface area contributed by atoms with Gasteiger partial charge in [-0.2, -0.15) is 0 Å². The van der Waals surface area contributed by atoms with E-state index in [1.165, 1.54) is 13.2 Å². The van der Waals surface area contributed by atoms with Crippen molar-refractivity contribution in [1.82, 2.24) is 10.3 Å². The summed E-state index contributed by atoms with van der Waals surface area (Å²) in [6.45, 7) is 0. The third-order valence-electron chi connectivity index (χ3n) is 2.50. The molecule has 1 amide bonds. The van der Waals surface area contributed by atoms with Gasteiger partial charge >= 0.3 is 5.97 Å². The van der Waals surface area contributed by atoms with Crippen LogP contribution in [-0.4, -0.2) is 34.4 Å². The molecule has 110 valence electrons. The Morgan fingerprint density at radius 3 is 2.67 bits per heavy atom. The molecule has 0 unspecified atom stereocenters. The van der Waals surface area contributed by atoms with E-state index >= 15 is 0 Å². The van der Waals surface area contributed by atoms with Gasteiger partial charge in [-0.25, -0.2) is 9.42 Å². The lowest BCUT2D eigenvalue weighted by atomic mass is 10.1. The van der Waals surface area contributed by atoms with Crippen LogP contribution < -0.4 is 15.8 Å². The standard InChI is InChI=1S/C11H9ClN4O5/c1-20-7-3-6(5(12)2-4(7)11(18)19)14-10(17)8-9(13)16-21-15-8/h2-3H,1H3,(H2,13,16)(H,14,17)(H,18,19). The summed E-state index contributed by atoms with van der Waals surface area (Å²) >= 11 is 5.92. The summed E-state index contributed by atoms with van der Waals surface area (Å²) in [6.07, 6.45) is 0. The molecule has 0 bridgehead atoms. The maximum Gasteiger partial charge on any atom is 0.339 e. The molecule has 0 fully saturated rings. The van der Waals surface area contributed by atoms with Crippen LogP contribution in [0.4, 0.5) is 11.5 Å². The number of carboxylic acid groups (broad SMARTS) is 1. The number of carboxylic acids is 1. The molecule has 1 aromatic heterocycles. The van der Waals surface area contributed by atoms with Crippen LogP contribution in [0.25, 0.3) is 0 Å². The van der Waals surface area contributed by atoms with Gasteiger partial charge in [0.1, 0.15) is 11.3 Å². The zero-order valence-corrected chi connectivity index (χ0v) is 11.3. The van der Waals surface area contributed by atoms with Gasteiger partial charge < -0.3 is 20.9 Å². The van der Waals surface area contributed by atoms with E-state index in [0.29, 0.717) is 0 Å². The van der Waals surface area contributed by atoms with E-state index in [0.717, 1.165) is 6.07 Å². The summed E-state index contributed by atoms with van der Waals surface area (Å²) in [7, 11) is 1.29. The second-order valence-electron chi connectivity index (χ2n) is 3.79. The van der Waals surface area contributed by atoms with Crippen LogP contribution in [0.3, 0.4) is 0 Å². The first-order valence-electron chi connectivity index (χ1n) is 5.44. The molecular weight excluding hydrogens is 304 g/mol. The number of benzene rings is 1. The summed E-state index contributed by atoms with van der Waals surface area (Å²) in [5, 5.41) is 18.0. The molecule has 0 aliphatic heterocycles. The van der Waals surface area contributed by atoms with Crippen molar-refractivity contribution < 1.29 is 24.1 Å². The number of hydrogen-bond acceptors (Lipinski definition) is 7. The number of nitrogen functional groups attached to an aromatic ring is 1. The molecular formula is C11H9ClN4O5. The molecule has 1 aromatic carbocycles. The van der Waals surface area contributed by atoms with Crippen molar-refractivity contribution in [2.75, 3.05) is 18.2 Å². The van der Waals surface area contributed by atoms with Crippen LogP contribution in [0.2, 0.25) is 5.02 Å². The van der Waals surface area contributed by atoms with Crippen molar-refractivity contribution in [1.29, 1.82) is 0 Å². The molecule has 4 N–H and O–H groups in total. The molecule has 0 aliphatic carbocycles. The van der Waals surface area contributed by atoms with Gasteiger partial charge in [-0.3, -0.25) is 4.79 Å². The van der Waals surface area contributed by atoms with E-state index in [-0.39, 0.29) is 33.5 Å². The normalized spacial score (nSPS) is 10.2. The summed E-state index contributed by atoms with van der Waals surface area (Å²) in [6, 6.07) is 2.43. The first-order valence-corrected chi connectivity index (χ1v) is 5.82. The van der Waals surface area contributed by atoms with Gasteiger partial charge in [0.25, 0.3) is 5.91 Å². The molecule has 0 radical (unpaired) electrons. The fourth-order valence-corrected chi connectivity index (χ4v) is 1.73. The predicted molar refractivity (Wildman–Crippen MR) is 71.6 cm³/mol. The lowest BCUT2D eigenvalue weighted by Crippen LogP contribution is -2.15. The summed E-state index contributed by atoms with van der Waals surface area (Å²) in [5.74, 6) is -2.07. The molecule has 0 saturated heterocycles. The molecule has 0 saturated carbocycles. The topological polar surface area (TPSA) is 141 Å². The number of halogens is 1. The maximum absolute atomic E-state index is 11.9. The van der Waals surface area contributed by atoms with E-state index in [4.69, 9.17) is 27.2 Å². The van der Waals surface area contributed by atoms with Crippen molar-refractivity contribution in [3.63, 3.8) is 0 Å². The fourth-order valence-electron chi connectivity index (χ4n) is 1.52. The highest BCUT2D eigenvalue weighted by atomic mass is 35.5. The minimum atomic E-state index is -1.21. The van der Waals surface area contributed by atoms with Crippen molar-refractivity contribution >= 4 is 35.0 Å². The number of nitrogens with one attached hydrogen (secondary N) is 1. The van der Waals surface area contributed by atoms with E-state index < -0.39 is 11.9 Å². The average molecular weight is 313 g/mol. The second-order valence-corrected chi connectivity index (χ2v) is 4.20. The minimum absolute atomic E-state index is 0.0107. The number of anilines is 2. The number of carbonyl (C=O) groups is 2. The number of rotatable bonds is 4. The number of methoxy groups -OCH3 is 1. The number of hydrogen-bond donors (Lipinski definition) is 3. The molecule has 10 heteroatoms. The Labute approximate surface area is 122 Å². The fraction of sp³-hybridized carbons (Fsp3) is 0.0909. The van der Waals surface area contributed by atoms with Crippen LogP contribution in [0, 0.1) is 0 Å². The van der Waals surface area contributed by atoms with Crippen LogP contribution in [0.5, 0.6) is 5.75 Å². The van der Waals surface area contributed by atoms with Crippen molar-refractivity contribution in [2.45, 2.75) is 0 Å². The molecule has 2 rings (SSSR count). The van der Waals surface area contributed by atoms with E-state index in [1.807, 2.05) is 0 Å². The lowest BCUT2D eigenvalue weighted by molar-refractivity contribution is 0.0693. The van der Waals surface area contributed by atoms with Crippen LogP contribution >= 0.6 is 11.6 Å². The Balaban J connectivity index is 2.35. The summed E-state index contributed by atoms with van der Waals surface area (Å²) in [4.78, 5) is 22.9. The molecule has 1 heterocycles. The van der Waals surface area contributed by atoms with Crippen LogP contribution in [0.15, 0.2) is 16.8 Å². The minimum Gasteiger partial charge on any atom is -0.496 e.